The van der Waals surface area contributed by atoms with Crippen LogP contribution in [0.2, 0.25) is 0 Å². The van der Waals surface area contributed by atoms with Crippen molar-refractivity contribution in [3.63, 3.8) is 0 Å². The highest BCUT2D eigenvalue weighted by molar-refractivity contribution is 5.84. The fourth-order valence-electron chi connectivity index (χ4n) is 6.31. The van der Waals surface area contributed by atoms with Gasteiger partial charge in [0.25, 0.3) is 0 Å². The predicted octanol–water partition coefficient (Wildman–Crippen LogP) is 2.69. The summed E-state index contributed by atoms with van der Waals surface area (Å²) >= 11 is 0. The second-order valence-electron chi connectivity index (χ2n) is 11.0. The number of fused-ring (bicyclic) bond motifs is 2. The molecule has 0 bridgehead atoms. The average Bonchev–Trinajstić information content (AvgIpc) is 3.31. The molecule has 3 saturated heterocycles. The van der Waals surface area contributed by atoms with Gasteiger partial charge in [-0.1, -0.05) is 6.07 Å². The number of nitrogens with zero attached hydrogens (tertiary/aromatic N) is 4. The minimum absolute atomic E-state index is 0.117. The summed E-state index contributed by atoms with van der Waals surface area (Å²) < 4.78 is 11.2. The molecule has 3 aromatic rings. The van der Waals surface area contributed by atoms with Crippen LogP contribution in [-0.2, 0) is 22.4 Å². The molecule has 1 atom stereocenters. The molecule has 38 heavy (non-hydrogen) atoms. The van der Waals surface area contributed by atoms with Crippen LogP contribution in [0.25, 0.3) is 22.2 Å². The maximum absolute atomic E-state index is 13.6. The molecule has 0 radical (unpaired) electrons. The van der Waals surface area contributed by atoms with Gasteiger partial charge >= 0.3 is 6.03 Å². The van der Waals surface area contributed by atoms with E-state index in [0.29, 0.717) is 19.2 Å². The summed E-state index contributed by atoms with van der Waals surface area (Å²) in [5.74, 6) is 0. The van der Waals surface area contributed by atoms with Crippen molar-refractivity contribution in [1.82, 2.24) is 30.0 Å². The molecular formula is C29H36N6O3. The summed E-state index contributed by atoms with van der Waals surface area (Å²) in [6.45, 7) is 10.8. The number of aryl methyl sites for hydroxylation is 1. The summed E-state index contributed by atoms with van der Waals surface area (Å²) in [6, 6.07) is 7.66. The Labute approximate surface area is 223 Å². The topological polar surface area (TPSA) is 86.0 Å². The number of ether oxygens (including phenoxy) is 2. The maximum atomic E-state index is 13.6. The number of hydrogen-bond donors (Lipinski definition) is 2. The van der Waals surface area contributed by atoms with Crippen molar-refractivity contribution in [2.75, 3.05) is 65.7 Å². The minimum Gasteiger partial charge on any atom is -0.378 e. The van der Waals surface area contributed by atoms with E-state index in [0.717, 1.165) is 82.1 Å². The second-order valence-corrected chi connectivity index (χ2v) is 11.0. The highest BCUT2D eigenvalue weighted by atomic mass is 16.5. The van der Waals surface area contributed by atoms with E-state index in [2.05, 4.69) is 45.3 Å². The predicted molar refractivity (Wildman–Crippen MR) is 145 cm³/mol. The number of morpholine rings is 1. The van der Waals surface area contributed by atoms with Crippen LogP contribution in [0.3, 0.4) is 0 Å². The normalized spacial score (nSPS) is 22.9. The van der Waals surface area contributed by atoms with E-state index in [1.165, 1.54) is 27.8 Å². The Kier molecular flexibility index (Phi) is 6.31. The molecular weight excluding hydrogens is 480 g/mol. The Morgan fingerprint density at radius 3 is 2.63 bits per heavy atom. The summed E-state index contributed by atoms with van der Waals surface area (Å²) in [6.07, 6.45) is 4.83. The van der Waals surface area contributed by atoms with Crippen LogP contribution in [0.5, 0.6) is 0 Å². The van der Waals surface area contributed by atoms with Gasteiger partial charge < -0.3 is 29.6 Å². The van der Waals surface area contributed by atoms with Gasteiger partial charge in [-0.25, -0.2) is 9.78 Å². The van der Waals surface area contributed by atoms with Crippen LogP contribution >= 0.6 is 0 Å². The second kappa shape index (κ2) is 9.96. The van der Waals surface area contributed by atoms with Crippen LogP contribution in [0.15, 0.2) is 30.6 Å². The SMILES string of the molecule is Cc1c[nH]c2ncc(-c3cc4c(c(C5COCCN5)c3)CN(C(=O)N3CCN(C5COC5)CC3)CC4)cc12. The summed E-state index contributed by atoms with van der Waals surface area (Å²) in [4.78, 5) is 28.1. The lowest BCUT2D eigenvalue weighted by molar-refractivity contribution is -0.0747. The van der Waals surface area contributed by atoms with Crippen LogP contribution in [0.4, 0.5) is 4.79 Å². The van der Waals surface area contributed by atoms with Gasteiger partial charge in [0.1, 0.15) is 5.65 Å². The molecule has 0 aliphatic carbocycles. The third-order valence-corrected chi connectivity index (χ3v) is 8.74. The Bertz CT molecular complexity index is 1340. The van der Waals surface area contributed by atoms with Crippen LogP contribution in [0.1, 0.15) is 28.3 Å². The first-order valence-corrected chi connectivity index (χ1v) is 13.9. The van der Waals surface area contributed by atoms with Gasteiger partial charge in [-0.15, -0.1) is 0 Å². The Morgan fingerprint density at radius 2 is 1.87 bits per heavy atom. The molecule has 7 rings (SSSR count). The molecule has 6 heterocycles. The quantitative estimate of drug-likeness (QED) is 0.557. The molecule has 9 heteroatoms. The lowest BCUT2D eigenvalue weighted by atomic mass is 9.87. The third-order valence-electron chi connectivity index (χ3n) is 8.74. The highest BCUT2D eigenvalue weighted by Crippen LogP contribution is 2.35. The van der Waals surface area contributed by atoms with Crippen molar-refractivity contribution in [2.24, 2.45) is 0 Å². The van der Waals surface area contributed by atoms with Crippen LogP contribution in [-0.4, -0.2) is 102 Å². The molecule has 2 amide bonds. The molecule has 0 saturated carbocycles. The van der Waals surface area contributed by atoms with E-state index in [9.17, 15) is 4.79 Å². The monoisotopic (exact) mass is 516 g/mol. The summed E-state index contributed by atoms with van der Waals surface area (Å²) in [5, 5.41) is 4.81. The zero-order chi connectivity index (χ0) is 25.6. The number of hydrogen-bond acceptors (Lipinski definition) is 6. The first-order valence-electron chi connectivity index (χ1n) is 13.9. The lowest BCUT2D eigenvalue weighted by Gasteiger charge is -2.44. The van der Waals surface area contributed by atoms with E-state index in [4.69, 9.17) is 9.47 Å². The van der Waals surface area contributed by atoms with Gasteiger partial charge in [0.05, 0.1) is 38.5 Å². The van der Waals surface area contributed by atoms with E-state index in [-0.39, 0.29) is 12.1 Å². The number of urea groups is 1. The zero-order valence-electron chi connectivity index (χ0n) is 22.0. The summed E-state index contributed by atoms with van der Waals surface area (Å²) in [5.41, 5.74) is 8.26. The molecule has 4 aliphatic heterocycles. The Balaban J connectivity index is 1.16. The smallest absolute Gasteiger partial charge is 0.320 e. The van der Waals surface area contributed by atoms with Crippen molar-refractivity contribution in [3.05, 3.63) is 52.8 Å². The van der Waals surface area contributed by atoms with Gasteiger partial charge in [-0.05, 0) is 53.3 Å². The molecule has 1 unspecified atom stereocenters. The van der Waals surface area contributed by atoms with Crippen molar-refractivity contribution >= 4 is 17.1 Å². The number of aromatic amines is 1. The van der Waals surface area contributed by atoms with Gasteiger partial charge in [0.15, 0.2) is 0 Å². The van der Waals surface area contributed by atoms with Gasteiger partial charge in [-0.2, -0.15) is 0 Å². The van der Waals surface area contributed by atoms with E-state index in [1.54, 1.807) is 0 Å². The van der Waals surface area contributed by atoms with Crippen molar-refractivity contribution in [2.45, 2.75) is 32.0 Å². The molecule has 4 aliphatic rings. The van der Waals surface area contributed by atoms with E-state index >= 15 is 0 Å². The number of carbonyl (C=O) groups is 1. The Hall–Kier alpha value is -2.98. The lowest BCUT2D eigenvalue weighted by Crippen LogP contribution is -2.59. The fourth-order valence-corrected chi connectivity index (χ4v) is 6.31. The standard InChI is InChI=1S/C29H36N6O3/c1-19-13-31-28-24(19)12-22(14-32-28)21-10-20-2-4-35(15-26(20)25(11-21)27-18-37-9-3-30-27)29(36)34-7-5-33(6-8-34)23-16-38-17-23/h10-14,23,27,30H,2-9,15-18H2,1H3,(H,31,32). The molecule has 2 N–H and O–H groups in total. The molecule has 3 fully saturated rings. The first-order chi connectivity index (χ1) is 18.6. The van der Waals surface area contributed by atoms with Crippen molar-refractivity contribution in [1.29, 1.82) is 0 Å². The van der Waals surface area contributed by atoms with E-state index in [1.807, 2.05) is 22.2 Å². The number of piperazine rings is 1. The number of rotatable bonds is 3. The number of aromatic nitrogens is 2. The van der Waals surface area contributed by atoms with E-state index < -0.39 is 0 Å². The van der Waals surface area contributed by atoms with Crippen LogP contribution < -0.4 is 5.32 Å². The number of amides is 2. The number of nitrogens with one attached hydrogen (secondary N) is 2. The first kappa shape index (κ1) is 24.1. The van der Waals surface area contributed by atoms with Gasteiger partial charge in [0.2, 0.25) is 0 Å². The molecule has 2 aromatic heterocycles. The van der Waals surface area contributed by atoms with Gasteiger partial charge in [-0.3, -0.25) is 4.90 Å². The average molecular weight is 517 g/mol. The summed E-state index contributed by atoms with van der Waals surface area (Å²) in [7, 11) is 0. The molecule has 0 spiro atoms. The van der Waals surface area contributed by atoms with Crippen LogP contribution in [0, 0.1) is 6.92 Å². The Morgan fingerprint density at radius 1 is 1.00 bits per heavy atom. The molecule has 9 nitrogen and oxygen atoms in total. The fraction of sp³-hybridized carbons (Fsp3) is 0.517. The third kappa shape index (κ3) is 4.37. The highest BCUT2D eigenvalue weighted by Gasteiger charge is 2.33. The van der Waals surface area contributed by atoms with Gasteiger partial charge in [0, 0.05) is 69.2 Å². The van der Waals surface area contributed by atoms with Crippen molar-refractivity contribution in [3.8, 4) is 11.1 Å². The molecule has 1 aromatic carbocycles. The zero-order valence-corrected chi connectivity index (χ0v) is 22.0. The maximum Gasteiger partial charge on any atom is 0.320 e. The molecule has 200 valence electrons. The number of pyridine rings is 1. The van der Waals surface area contributed by atoms with Crippen molar-refractivity contribution < 1.29 is 14.3 Å². The minimum atomic E-state index is 0.117. The largest absolute Gasteiger partial charge is 0.378 e. The number of benzene rings is 1. The number of H-pyrrole nitrogens is 1. The number of carbonyl (C=O) groups excluding carboxylic acids is 1.